The van der Waals surface area contributed by atoms with Gasteiger partial charge in [0.25, 0.3) is 0 Å². The average molecular weight is 410 g/mol. The van der Waals surface area contributed by atoms with Crippen molar-refractivity contribution in [2.75, 3.05) is 16.4 Å². The highest BCUT2D eigenvalue weighted by molar-refractivity contribution is 7.99. The normalized spacial score (nSPS) is 10.6. The minimum Gasteiger partial charge on any atom is -0.326 e. The van der Waals surface area contributed by atoms with E-state index in [2.05, 4.69) is 20.8 Å². The molecule has 0 bridgehead atoms. The van der Waals surface area contributed by atoms with Gasteiger partial charge in [0.2, 0.25) is 11.8 Å². The first-order valence-corrected chi connectivity index (χ1v) is 10.1. The van der Waals surface area contributed by atoms with Gasteiger partial charge in [-0.15, -0.1) is 10.2 Å². The van der Waals surface area contributed by atoms with E-state index in [-0.39, 0.29) is 17.6 Å². The van der Waals surface area contributed by atoms with Crippen LogP contribution in [-0.4, -0.2) is 32.3 Å². The van der Waals surface area contributed by atoms with Crippen LogP contribution in [0, 0.1) is 13.8 Å². The van der Waals surface area contributed by atoms with E-state index in [1.165, 1.54) is 18.7 Å². The third-order valence-corrected chi connectivity index (χ3v) is 5.40. The smallest absolute Gasteiger partial charge is 0.234 e. The summed E-state index contributed by atoms with van der Waals surface area (Å²) in [5, 5.41) is 14.8. The zero-order valence-corrected chi connectivity index (χ0v) is 17.6. The Bertz CT molecular complexity index is 1020. The number of aromatic nitrogens is 3. The summed E-state index contributed by atoms with van der Waals surface area (Å²) < 4.78 is 1.85. The van der Waals surface area contributed by atoms with Gasteiger partial charge in [0.15, 0.2) is 11.0 Å². The summed E-state index contributed by atoms with van der Waals surface area (Å²) >= 11 is 1.33. The number of para-hydroxylation sites is 1. The third-order valence-electron chi connectivity index (χ3n) is 4.38. The second-order valence-corrected chi connectivity index (χ2v) is 7.67. The molecular weight excluding hydrogens is 386 g/mol. The number of rotatable bonds is 6. The van der Waals surface area contributed by atoms with Crippen molar-refractivity contribution < 1.29 is 9.59 Å². The van der Waals surface area contributed by atoms with Gasteiger partial charge < -0.3 is 15.2 Å². The maximum atomic E-state index is 12.4. The highest BCUT2D eigenvalue weighted by Crippen LogP contribution is 2.25. The number of carbonyl (C=O) groups is 2. The van der Waals surface area contributed by atoms with E-state index < -0.39 is 0 Å². The molecule has 150 valence electrons. The molecule has 0 saturated carbocycles. The molecule has 0 saturated heterocycles. The molecular formula is C21H23N5O2S. The second kappa shape index (κ2) is 8.91. The fourth-order valence-corrected chi connectivity index (χ4v) is 3.63. The molecule has 0 aliphatic carbocycles. The summed E-state index contributed by atoms with van der Waals surface area (Å²) in [5.41, 5.74) is 4.53. The van der Waals surface area contributed by atoms with Gasteiger partial charge in [0, 0.05) is 30.9 Å². The van der Waals surface area contributed by atoms with Crippen LogP contribution in [-0.2, 0) is 16.6 Å². The van der Waals surface area contributed by atoms with Crippen molar-refractivity contribution in [1.29, 1.82) is 0 Å². The molecule has 0 spiro atoms. The standard InChI is InChI=1S/C21H23N5O2S/c1-13-6-5-7-14(2)19(13)23-18(28)12-29-21-25-24-20(26(21)4)16-8-10-17(11-9-16)22-15(3)27/h5-11H,12H2,1-4H3,(H,22,27)(H,23,28). The minimum absolute atomic E-state index is 0.0865. The Labute approximate surface area is 173 Å². The predicted molar refractivity (Wildman–Crippen MR) is 116 cm³/mol. The lowest BCUT2D eigenvalue weighted by Gasteiger charge is -2.11. The van der Waals surface area contributed by atoms with Gasteiger partial charge in [-0.05, 0) is 49.2 Å². The molecule has 7 nitrogen and oxygen atoms in total. The molecule has 0 radical (unpaired) electrons. The van der Waals surface area contributed by atoms with Crippen molar-refractivity contribution >= 4 is 35.0 Å². The fourth-order valence-electron chi connectivity index (χ4n) is 2.92. The first-order chi connectivity index (χ1) is 13.8. The van der Waals surface area contributed by atoms with Crippen molar-refractivity contribution in [3.05, 3.63) is 53.6 Å². The fraction of sp³-hybridized carbons (Fsp3) is 0.238. The number of thioether (sulfide) groups is 1. The maximum Gasteiger partial charge on any atom is 0.234 e. The summed E-state index contributed by atoms with van der Waals surface area (Å²) in [5.74, 6) is 0.726. The van der Waals surface area contributed by atoms with Crippen molar-refractivity contribution in [1.82, 2.24) is 14.8 Å². The lowest BCUT2D eigenvalue weighted by atomic mass is 10.1. The molecule has 1 heterocycles. The number of anilines is 2. The van der Waals surface area contributed by atoms with Crippen LogP contribution in [0.2, 0.25) is 0 Å². The van der Waals surface area contributed by atoms with Gasteiger partial charge in [-0.2, -0.15) is 0 Å². The Morgan fingerprint density at radius 1 is 1.00 bits per heavy atom. The second-order valence-electron chi connectivity index (χ2n) is 6.73. The molecule has 3 rings (SSSR count). The van der Waals surface area contributed by atoms with Gasteiger partial charge >= 0.3 is 0 Å². The predicted octanol–water partition coefficient (Wildman–Crippen LogP) is 3.79. The largest absolute Gasteiger partial charge is 0.326 e. The number of carbonyl (C=O) groups excluding carboxylic acids is 2. The van der Waals surface area contributed by atoms with E-state index in [0.29, 0.717) is 11.0 Å². The molecule has 0 aliphatic heterocycles. The van der Waals surface area contributed by atoms with Crippen molar-refractivity contribution in [2.45, 2.75) is 25.9 Å². The number of benzene rings is 2. The Morgan fingerprint density at radius 2 is 1.66 bits per heavy atom. The highest BCUT2D eigenvalue weighted by atomic mass is 32.2. The van der Waals surface area contributed by atoms with Gasteiger partial charge in [0.05, 0.1) is 5.75 Å². The minimum atomic E-state index is -0.116. The van der Waals surface area contributed by atoms with E-state index in [9.17, 15) is 9.59 Å². The number of hydrogen-bond donors (Lipinski definition) is 2. The van der Waals surface area contributed by atoms with E-state index >= 15 is 0 Å². The van der Waals surface area contributed by atoms with Gasteiger partial charge in [-0.1, -0.05) is 30.0 Å². The van der Waals surface area contributed by atoms with E-state index in [0.717, 1.165) is 28.1 Å². The number of nitrogens with zero attached hydrogens (tertiary/aromatic N) is 3. The quantitative estimate of drug-likeness (QED) is 0.605. The molecule has 29 heavy (non-hydrogen) atoms. The number of hydrogen-bond acceptors (Lipinski definition) is 5. The van der Waals surface area contributed by atoms with Crippen LogP contribution in [0.15, 0.2) is 47.6 Å². The van der Waals surface area contributed by atoms with Crippen molar-refractivity contribution in [2.24, 2.45) is 7.05 Å². The zero-order valence-electron chi connectivity index (χ0n) is 16.8. The number of nitrogens with one attached hydrogen (secondary N) is 2. The zero-order chi connectivity index (χ0) is 21.0. The van der Waals surface area contributed by atoms with Crippen LogP contribution in [0.1, 0.15) is 18.1 Å². The van der Waals surface area contributed by atoms with E-state index in [1.54, 1.807) is 0 Å². The summed E-state index contributed by atoms with van der Waals surface area (Å²) in [7, 11) is 1.86. The summed E-state index contributed by atoms with van der Waals surface area (Å²) in [6.45, 7) is 5.42. The molecule has 0 atom stereocenters. The first-order valence-electron chi connectivity index (χ1n) is 9.11. The molecule has 2 N–H and O–H groups in total. The van der Waals surface area contributed by atoms with Crippen LogP contribution in [0.5, 0.6) is 0 Å². The molecule has 2 amide bonds. The SMILES string of the molecule is CC(=O)Nc1ccc(-c2nnc(SCC(=O)Nc3c(C)cccc3C)n2C)cc1. The number of aryl methyl sites for hydroxylation is 2. The first kappa shape index (κ1) is 20.6. The van der Waals surface area contributed by atoms with Crippen LogP contribution in [0.25, 0.3) is 11.4 Å². The maximum absolute atomic E-state index is 12.4. The average Bonchev–Trinajstić information content (AvgIpc) is 3.04. The van der Waals surface area contributed by atoms with E-state index in [4.69, 9.17) is 0 Å². The van der Waals surface area contributed by atoms with Crippen LogP contribution in [0.3, 0.4) is 0 Å². The van der Waals surface area contributed by atoms with Gasteiger partial charge in [-0.25, -0.2) is 0 Å². The summed E-state index contributed by atoms with van der Waals surface area (Å²) in [6.07, 6.45) is 0. The van der Waals surface area contributed by atoms with Crippen molar-refractivity contribution in [3.8, 4) is 11.4 Å². The highest BCUT2D eigenvalue weighted by Gasteiger charge is 2.14. The Morgan fingerprint density at radius 3 is 2.28 bits per heavy atom. The topological polar surface area (TPSA) is 88.9 Å². The Balaban J connectivity index is 1.65. The lowest BCUT2D eigenvalue weighted by Crippen LogP contribution is -2.16. The van der Waals surface area contributed by atoms with Crippen LogP contribution in [0.4, 0.5) is 11.4 Å². The number of amides is 2. The van der Waals surface area contributed by atoms with E-state index in [1.807, 2.05) is 67.9 Å². The van der Waals surface area contributed by atoms with Gasteiger partial charge in [-0.3, -0.25) is 9.59 Å². The molecule has 1 aromatic heterocycles. The van der Waals surface area contributed by atoms with Crippen LogP contribution >= 0.6 is 11.8 Å². The monoisotopic (exact) mass is 409 g/mol. The lowest BCUT2D eigenvalue weighted by molar-refractivity contribution is -0.114. The third kappa shape index (κ3) is 5.03. The molecule has 8 heteroatoms. The van der Waals surface area contributed by atoms with Crippen LogP contribution < -0.4 is 10.6 Å². The Kier molecular flexibility index (Phi) is 6.33. The van der Waals surface area contributed by atoms with Gasteiger partial charge in [0.1, 0.15) is 0 Å². The Hall–Kier alpha value is -3.13. The summed E-state index contributed by atoms with van der Waals surface area (Å²) in [6, 6.07) is 13.3. The molecule has 0 unspecified atom stereocenters. The summed E-state index contributed by atoms with van der Waals surface area (Å²) in [4.78, 5) is 23.5. The molecule has 3 aromatic rings. The molecule has 0 fully saturated rings. The van der Waals surface area contributed by atoms with Crippen molar-refractivity contribution in [3.63, 3.8) is 0 Å². The molecule has 2 aromatic carbocycles. The molecule has 0 aliphatic rings.